The van der Waals surface area contributed by atoms with Crippen LogP contribution < -0.4 is 15.9 Å². The molecule has 0 spiro atoms. The van der Waals surface area contributed by atoms with E-state index in [9.17, 15) is 0 Å². The van der Waals surface area contributed by atoms with Gasteiger partial charge < -0.3 is 0 Å². The first kappa shape index (κ1) is 40.9. The van der Waals surface area contributed by atoms with E-state index in [1.54, 1.807) is 0 Å². The van der Waals surface area contributed by atoms with Gasteiger partial charge in [-0.1, -0.05) is 20.3 Å². The van der Waals surface area contributed by atoms with Gasteiger partial charge in [-0.25, -0.2) is 0 Å². The van der Waals surface area contributed by atoms with Gasteiger partial charge in [-0.15, -0.1) is 0 Å². The van der Waals surface area contributed by atoms with Gasteiger partial charge in [-0.3, -0.25) is 0 Å². The molecule has 5 heteroatoms. The first-order valence-electron chi connectivity index (χ1n) is 20.6. The summed E-state index contributed by atoms with van der Waals surface area (Å²) in [6.07, 6.45) is 18.9. The molecule has 284 valence electrons. The SMILES string of the molecule is CCCCCCCCCc1cc2ccccc2c(S(=O)(=O)OP(CC)(c2ccccc2)(c2ccccc2)c2ccccc2)c1CCCCCCCCC. The van der Waals surface area contributed by atoms with Gasteiger partial charge in [0.2, 0.25) is 0 Å². The van der Waals surface area contributed by atoms with Crippen molar-refractivity contribution in [2.45, 2.75) is 128 Å². The smallest absolute Gasteiger partial charge is 0.0654 e. The van der Waals surface area contributed by atoms with E-state index >= 15 is 8.42 Å². The molecule has 3 nitrogen and oxygen atoms in total. The zero-order valence-corrected chi connectivity index (χ0v) is 34.4. The fourth-order valence-electron chi connectivity index (χ4n) is 8.39. The Hall–Kier alpha value is -3.30. The Morgan fingerprint density at radius 1 is 0.491 bits per heavy atom. The topological polar surface area (TPSA) is 43.4 Å². The van der Waals surface area contributed by atoms with Crippen molar-refractivity contribution in [3.63, 3.8) is 0 Å². The summed E-state index contributed by atoms with van der Waals surface area (Å²) in [7, 11) is -4.35. The molecular weight excluding hydrogens is 688 g/mol. The third-order valence-electron chi connectivity index (χ3n) is 11.3. The summed E-state index contributed by atoms with van der Waals surface area (Å²) in [4.78, 5) is 0.379. The molecule has 0 aromatic heterocycles. The molecule has 0 amide bonds. The van der Waals surface area contributed by atoms with E-state index in [-0.39, 0.29) is 0 Å². The van der Waals surface area contributed by atoms with Crippen LogP contribution in [-0.4, -0.2) is 14.6 Å². The van der Waals surface area contributed by atoms with Crippen molar-refractivity contribution < 1.29 is 12.4 Å². The molecule has 0 radical (unpaired) electrons. The Morgan fingerprint density at radius 3 is 1.38 bits per heavy atom. The number of hydrogen-bond acceptors (Lipinski definition) is 3. The van der Waals surface area contributed by atoms with Gasteiger partial charge in [0.15, 0.2) is 0 Å². The van der Waals surface area contributed by atoms with Crippen molar-refractivity contribution in [2.75, 3.05) is 6.16 Å². The quantitative estimate of drug-likeness (QED) is 0.0493. The van der Waals surface area contributed by atoms with Gasteiger partial charge in [-0.2, -0.15) is 0 Å². The normalized spacial score (nSPS) is 12.8. The van der Waals surface area contributed by atoms with E-state index < -0.39 is 16.9 Å². The second-order valence-electron chi connectivity index (χ2n) is 14.9. The van der Waals surface area contributed by atoms with Crippen LogP contribution >= 0.6 is 6.83 Å². The molecule has 53 heavy (non-hydrogen) atoms. The standard InChI is InChI=1S/C48H63O3PS/c1-4-7-9-11-13-15-20-30-41-40-42-31-28-29-39-47(42)48(46(41)38-27-16-14-12-10-8-5-2)53(49,50)51-52(6-3,43-32-21-17-22-33-43,44-34-23-18-24-35-44)45-36-25-19-26-37-45/h17-19,21-26,28-29,31-37,39-40H,4-16,20,27,30,38H2,1-3H3. The first-order valence-corrected chi connectivity index (χ1v) is 24.3. The van der Waals surface area contributed by atoms with Crippen LogP contribution in [0.1, 0.15) is 122 Å². The number of unbranched alkanes of at least 4 members (excludes halogenated alkanes) is 12. The average Bonchev–Trinajstić information content (AvgIpc) is 3.20. The van der Waals surface area contributed by atoms with Gasteiger partial charge in [0.1, 0.15) is 0 Å². The zero-order chi connectivity index (χ0) is 37.4. The first-order chi connectivity index (χ1) is 25.9. The van der Waals surface area contributed by atoms with Crippen LogP contribution in [0.4, 0.5) is 0 Å². The van der Waals surface area contributed by atoms with E-state index in [0.717, 1.165) is 70.8 Å². The average molecular weight is 751 g/mol. The van der Waals surface area contributed by atoms with Crippen molar-refractivity contribution in [3.8, 4) is 0 Å². The molecule has 5 rings (SSSR count). The summed E-state index contributed by atoms with van der Waals surface area (Å²) < 4.78 is 39.0. The molecule has 0 aliphatic heterocycles. The van der Waals surface area contributed by atoms with Crippen molar-refractivity contribution in [2.24, 2.45) is 0 Å². The molecule has 0 unspecified atom stereocenters. The predicted molar refractivity (Wildman–Crippen MR) is 231 cm³/mol. The monoisotopic (exact) mass is 750 g/mol. The van der Waals surface area contributed by atoms with Gasteiger partial charge in [0.25, 0.3) is 0 Å². The summed E-state index contributed by atoms with van der Waals surface area (Å²) in [5.41, 5.74) is 2.13. The second kappa shape index (κ2) is 19.9. The van der Waals surface area contributed by atoms with Crippen LogP contribution in [-0.2, 0) is 26.9 Å². The summed E-state index contributed by atoms with van der Waals surface area (Å²) in [6.45, 7) is 2.50. The molecule has 5 aromatic carbocycles. The number of aryl methyl sites for hydroxylation is 1. The van der Waals surface area contributed by atoms with E-state index in [1.807, 2.05) is 72.8 Å². The Bertz CT molecular complexity index is 1840. The number of fused-ring (bicyclic) bond motifs is 1. The van der Waals surface area contributed by atoms with E-state index in [0.29, 0.717) is 11.1 Å². The van der Waals surface area contributed by atoms with Crippen LogP contribution in [0, 0.1) is 0 Å². The third kappa shape index (κ3) is 9.33. The van der Waals surface area contributed by atoms with Crippen molar-refractivity contribution in [3.05, 3.63) is 132 Å². The van der Waals surface area contributed by atoms with Crippen LogP contribution in [0.3, 0.4) is 0 Å². The van der Waals surface area contributed by atoms with E-state index in [2.05, 4.69) is 69.3 Å². The molecular formula is C48H63O3PS. The number of benzene rings is 5. The molecule has 0 heterocycles. The number of rotatable bonds is 23. The maximum absolute atomic E-state index is 15.8. The molecule has 0 aliphatic carbocycles. The van der Waals surface area contributed by atoms with Crippen molar-refractivity contribution in [1.29, 1.82) is 0 Å². The van der Waals surface area contributed by atoms with Crippen molar-refractivity contribution in [1.82, 2.24) is 0 Å². The number of hydrogen-bond donors (Lipinski definition) is 0. The molecule has 0 fully saturated rings. The third-order valence-corrected chi connectivity index (χ3v) is 19.7. The maximum atomic E-state index is 15.8. The summed E-state index contributed by atoms with van der Waals surface area (Å²) >= 11 is 0. The molecule has 5 aromatic rings. The minimum absolute atomic E-state index is 0.379. The van der Waals surface area contributed by atoms with Crippen LogP contribution in [0.15, 0.2) is 126 Å². The Balaban J connectivity index is 1.68. The summed E-state index contributed by atoms with van der Waals surface area (Å²) in [5, 5.41) is 4.47. The fraction of sp³-hybridized carbons (Fsp3) is 0.417. The summed E-state index contributed by atoms with van der Waals surface area (Å²) in [6, 6.07) is 40.9. The van der Waals surface area contributed by atoms with Gasteiger partial charge in [0, 0.05) is 0 Å². The predicted octanol–water partition coefficient (Wildman–Crippen LogP) is 12.6. The van der Waals surface area contributed by atoms with Gasteiger partial charge in [-0.05, 0) is 0 Å². The van der Waals surface area contributed by atoms with Crippen LogP contribution in [0.25, 0.3) is 10.8 Å². The molecule has 0 N–H and O–H groups in total. The second-order valence-corrected chi connectivity index (χ2v) is 21.4. The van der Waals surface area contributed by atoms with Crippen molar-refractivity contribution >= 4 is 43.6 Å². The van der Waals surface area contributed by atoms with Crippen LogP contribution in [0.2, 0.25) is 0 Å². The summed E-state index contributed by atoms with van der Waals surface area (Å²) in [5.74, 6) is 0. The molecule has 0 bridgehead atoms. The van der Waals surface area contributed by atoms with Gasteiger partial charge in [0.05, 0.1) is 0 Å². The zero-order valence-electron chi connectivity index (χ0n) is 32.6. The Labute approximate surface area is 321 Å². The molecule has 0 atom stereocenters. The van der Waals surface area contributed by atoms with Gasteiger partial charge >= 0.3 is 303 Å². The van der Waals surface area contributed by atoms with Crippen LogP contribution in [0.5, 0.6) is 0 Å². The molecule has 0 saturated carbocycles. The van der Waals surface area contributed by atoms with E-state index in [4.69, 9.17) is 3.97 Å². The minimum atomic E-state index is -4.35. The Morgan fingerprint density at radius 2 is 0.906 bits per heavy atom. The fourth-order valence-corrected chi connectivity index (χ4v) is 17.3. The molecule has 0 saturated heterocycles. The Kier molecular flexibility index (Phi) is 15.3. The molecule has 0 aliphatic rings. The van der Waals surface area contributed by atoms with E-state index in [1.165, 1.54) is 69.8 Å². The minimum Gasteiger partial charge on any atom is -0.0654 e.